The van der Waals surface area contributed by atoms with E-state index in [0.717, 1.165) is 68.8 Å². The van der Waals surface area contributed by atoms with Crippen molar-refractivity contribution in [1.29, 1.82) is 0 Å². The van der Waals surface area contributed by atoms with Crippen molar-refractivity contribution in [3.8, 4) is 5.75 Å². The minimum Gasteiger partial charge on any atom is -0.496 e. The number of hydrogen-bond donors (Lipinski definition) is 0. The van der Waals surface area contributed by atoms with Crippen molar-refractivity contribution in [1.82, 2.24) is 4.31 Å². The van der Waals surface area contributed by atoms with Crippen molar-refractivity contribution in [2.75, 3.05) is 32.1 Å². The van der Waals surface area contributed by atoms with Crippen LogP contribution in [0.15, 0.2) is 21.5 Å². The first-order valence-electron chi connectivity index (χ1n) is 10.6. The summed E-state index contributed by atoms with van der Waals surface area (Å²) in [6.45, 7) is 4.36. The van der Waals surface area contributed by atoms with E-state index in [4.69, 9.17) is 4.74 Å². The van der Waals surface area contributed by atoms with Crippen LogP contribution in [0.4, 0.5) is 18.9 Å². The minimum atomic E-state index is -2.46. The summed E-state index contributed by atoms with van der Waals surface area (Å²) in [6.07, 6.45) is 5.02. The summed E-state index contributed by atoms with van der Waals surface area (Å²) in [5.41, 5.74) is 0.510. The number of alkyl halides is 3. The lowest BCUT2D eigenvalue weighted by atomic mass is 9.63. The van der Waals surface area contributed by atoms with E-state index in [2.05, 4.69) is 44.3 Å². The van der Waals surface area contributed by atoms with Crippen molar-refractivity contribution < 1.29 is 17.9 Å². The smallest absolute Gasteiger partial charge is 0.245 e. The van der Waals surface area contributed by atoms with Gasteiger partial charge in [0, 0.05) is 25.0 Å². The molecule has 0 amide bonds. The molecule has 2 bridgehead atoms. The van der Waals surface area contributed by atoms with Crippen molar-refractivity contribution in [3.05, 3.63) is 16.6 Å². The van der Waals surface area contributed by atoms with Gasteiger partial charge in [0.2, 0.25) is 5.92 Å². The molecule has 0 unspecified atom stereocenters. The van der Waals surface area contributed by atoms with Crippen LogP contribution in [-0.4, -0.2) is 48.7 Å². The Labute approximate surface area is 191 Å². The Morgan fingerprint density at radius 3 is 2.20 bits per heavy atom. The third kappa shape index (κ3) is 5.23. The van der Waals surface area contributed by atoms with E-state index >= 15 is 0 Å². The number of hydrogen-bond acceptors (Lipinski definition) is 4. The Morgan fingerprint density at radius 2 is 1.70 bits per heavy atom. The van der Waals surface area contributed by atoms with Gasteiger partial charge in [-0.05, 0) is 92.5 Å². The largest absolute Gasteiger partial charge is 0.496 e. The number of rotatable bonds is 3. The molecule has 1 aliphatic heterocycles. The van der Waals surface area contributed by atoms with E-state index in [1.807, 2.05) is 0 Å². The van der Waals surface area contributed by atoms with Crippen LogP contribution < -0.4 is 9.64 Å². The summed E-state index contributed by atoms with van der Waals surface area (Å²) < 4.78 is 46.3. The van der Waals surface area contributed by atoms with E-state index in [9.17, 15) is 13.2 Å². The maximum Gasteiger partial charge on any atom is 0.245 e. The highest BCUT2D eigenvalue weighted by Gasteiger charge is 2.52. The van der Waals surface area contributed by atoms with Crippen LogP contribution in [0.25, 0.3) is 0 Å². The first-order chi connectivity index (χ1) is 14.0. The van der Waals surface area contributed by atoms with Crippen LogP contribution in [0.5, 0.6) is 5.75 Å². The predicted octanol–water partition coefficient (Wildman–Crippen LogP) is 7.08. The lowest BCUT2D eigenvalue weighted by Crippen LogP contribution is -2.58. The quantitative estimate of drug-likeness (QED) is 0.405. The summed E-state index contributed by atoms with van der Waals surface area (Å²) in [5.74, 6) is -1.59. The second-order valence-corrected chi connectivity index (χ2v) is 10.9. The average Bonchev–Trinajstić information content (AvgIpc) is 2.86. The number of fused-ring (bicyclic) bond motifs is 4. The molecule has 1 aromatic carbocycles. The van der Waals surface area contributed by atoms with Gasteiger partial charge in [0.15, 0.2) is 0 Å². The molecule has 0 N–H and O–H groups in total. The topological polar surface area (TPSA) is 15.7 Å². The molecular formula is C22H32BrF3N2OS. The molecule has 170 valence electrons. The number of benzene rings is 1. The highest BCUT2D eigenvalue weighted by molar-refractivity contribution is 9.10. The zero-order valence-corrected chi connectivity index (χ0v) is 20.6. The minimum absolute atomic E-state index is 0.0625. The molecule has 1 aromatic rings. The highest BCUT2D eigenvalue weighted by atomic mass is 79.9. The number of methoxy groups -OCH3 is 1. The SMILES string of the molecule is CCC(C)(F)F.COc1cc2c(cc1Br)N(C13CCC(F)(CC1)CC3)CCN(C)S2. The van der Waals surface area contributed by atoms with Gasteiger partial charge in [-0.15, -0.1) is 0 Å². The molecular weight excluding hydrogens is 477 g/mol. The Morgan fingerprint density at radius 1 is 1.13 bits per heavy atom. The molecule has 30 heavy (non-hydrogen) atoms. The van der Waals surface area contributed by atoms with Gasteiger partial charge in [-0.3, -0.25) is 0 Å². The highest BCUT2D eigenvalue weighted by Crippen LogP contribution is 2.54. The zero-order chi connectivity index (χ0) is 22.2. The van der Waals surface area contributed by atoms with Crippen molar-refractivity contribution in [2.45, 2.75) is 80.8 Å². The Kier molecular flexibility index (Phi) is 7.30. The fourth-order valence-corrected chi connectivity index (χ4v) is 5.98. The average molecular weight is 509 g/mol. The molecule has 3 fully saturated rings. The second-order valence-electron chi connectivity index (χ2n) is 8.85. The van der Waals surface area contributed by atoms with Crippen LogP contribution in [0, 0.1) is 0 Å². The number of likely N-dealkylation sites (N-methyl/N-ethyl adjacent to an activating group) is 1. The number of anilines is 1. The molecule has 8 heteroatoms. The summed E-state index contributed by atoms with van der Waals surface area (Å²) in [4.78, 5) is 3.81. The molecule has 4 aliphatic rings. The Hall–Kier alpha value is -0.600. The van der Waals surface area contributed by atoms with E-state index in [-0.39, 0.29) is 12.0 Å². The monoisotopic (exact) mass is 508 g/mol. The standard InChI is InChI=1S/C18H24BrFN2OS.C4H8F2/c1-21-9-10-22(18-6-3-17(20,4-7-18)5-8-18)14-11-13(19)15(23-2)12-16(14)24-21;1-3-4(2,5)6/h11-12H,3-10H2,1-2H3;3H2,1-2H3. The number of halogens is 4. The van der Waals surface area contributed by atoms with Crippen LogP contribution >= 0.6 is 27.9 Å². The summed E-state index contributed by atoms with van der Waals surface area (Å²) in [6, 6.07) is 4.32. The molecule has 0 spiro atoms. The number of ether oxygens (including phenoxy) is 1. The van der Waals surface area contributed by atoms with E-state index in [1.54, 1.807) is 19.1 Å². The van der Waals surface area contributed by atoms with Gasteiger partial charge in [-0.2, -0.15) is 0 Å². The van der Waals surface area contributed by atoms with Gasteiger partial charge in [-0.1, -0.05) is 6.92 Å². The van der Waals surface area contributed by atoms with E-state index < -0.39 is 11.6 Å². The Bertz CT molecular complexity index is 734. The normalized spacial score (nSPS) is 29.0. The summed E-state index contributed by atoms with van der Waals surface area (Å²) in [7, 11) is 3.84. The van der Waals surface area contributed by atoms with Crippen LogP contribution in [-0.2, 0) is 0 Å². The maximum atomic E-state index is 14.6. The first kappa shape index (κ1) is 24.1. The van der Waals surface area contributed by atoms with Crippen molar-refractivity contribution in [3.63, 3.8) is 0 Å². The molecule has 3 aliphatic carbocycles. The van der Waals surface area contributed by atoms with Gasteiger partial charge in [-0.25, -0.2) is 17.5 Å². The molecule has 5 rings (SSSR count). The fraction of sp³-hybridized carbons (Fsp3) is 0.727. The Balaban J connectivity index is 0.000000377. The lowest BCUT2D eigenvalue weighted by Gasteiger charge is -2.55. The number of nitrogens with zero attached hydrogens (tertiary/aromatic N) is 2. The molecule has 0 radical (unpaired) electrons. The third-order valence-electron chi connectivity index (χ3n) is 6.73. The molecule has 1 heterocycles. The zero-order valence-electron chi connectivity index (χ0n) is 18.2. The van der Waals surface area contributed by atoms with Gasteiger partial charge in [0.1, 0.15) is 11.4 Å². The van der Waals surface area contributed by atoms with Crippen molar-refractivity contribution in [2.24, 2.45) is 0 Å². The van der Waals surface area contributed by atoms with Gasteiger partial charge in [0.05, 0.1) is 22.2 Å². The van der Waals surface area contributed by atoms with Gasteiger partial charge >= 0.3 is 0 Å². The van der Waals surface area contributed by atoms with Gasteiger partial charge < -0.3 is 9.64 Å². The molecule has 0 atom stereocenters. The lowest BCUT2D eigenvalue weighted by molar-refractivity contribution is 0.00380. The fourth-order valence-electron chi connectivity index (χ4n) is 4.56. The second kappa shape index (κ2) is 9.10. The van der Waals surface area contributed by atoms with Crippen LogP contribution in [0.2, 0.25) is 0 Å². The van der Waals surface area contributed by atoms with Gasteiger partial charge in [0.25, 0.3) is 0 Å². The van der Waals surface area contributed by atoms with E-state index in [0.29, 0.717) is 0 Å². The molecule has 0 aromatic heterocycles. The summed E-state index contributed by atoms with van der Waals surface area (Å²) in [5, 5.41) is 0. The van der Waals surface area contributed by atoms with E-state index in [1.165, 1.54) is 17.5 Å². The summed E-state index contributed by atoms with van der Waals surface area (Å²) >= 11 is 5.43. The third-order valence-corrected chi connectivity index (χ3v) is 8.36. The van der Waals surface area contributed by atoms with Crippen molar-refractivity contribution >= 4 is 33.6 Å². The predicted molar refractivity (Wildman–Crippen MR) is 122 cm³/mol. The first-order valence-corrected chi connectivity index (χ1v) is 12.2. The van der Waals surface area contributed by atoms with Crippen LogP contribution in [0.3, 0.4) is 0 Å². The molecule has 0 saturated heterocycles. The van der Waals surface area contributed by atoms with Crippen LogP contribution in [0.1, 0.15) is 58.8 Å². The molecule has 3 saturated carbocycles. The maximum absolute atomic E-state index is 14.6. The molecule has 3 nitrogen and oxygen atoms in total.